The average molecular weight is 476 g/mol. The van der Waals surface area contributed by atoms with Crippen LogP contribution in [0.25, 0.3) is 6.08 Å². The van der Waals surface area contributed by atoms with Crippen LogP contribution in [0.5, 0.6) is 11.5 Å². The van der Waals surface area contributed by atoms with Crippen LogP contribution in [0.1, 0.15) is 33.7 Å². The molecule has 184 valence electrons. The summed E-state index contributed by atoms with van der Waals surface area (Å²) in [5.41, 5.74) is 5.28. The first-order valence-electron chi connectivity index (χ1n) is 11.9. The first-order valence-corrected chi connectivity index (χ1v) is 11.9. The lowest BCUT2D eigenvalue weighted by atomic mass is 10.1. The van der Waals surface area contributed by atoms with Gasteiger partial charge in [0.05, 0.1) is 18.4 Å². The van der Waals surface area contributed by atoms with Crippen LogP contribution >= 0.6 is 0 Å². The summed E-state index contributed by atoms with van der Waals surface area (Å²) in [6.45, 7) is 10.4. The quantitative estimate of drug-likeness (QED) is 0.446. The Hall–Kier alpha value is -3.58. The highest BCUT2D eigenvalue weighted by atomic mass is 16.5. The van der Waals surface area contributed by atoms with Crippen molar-refractivity contribution in [2.24, 2.45) is 0 Å². The van der Waals surface area contributed by atoms with E-state index in [1.54, 1.807) is 13.2 Å². The lowest BCUT2D eigenvalue weighted by Gasteiger charge is -2.34. The van der Waals surface area contributed by atoms with Gasteiger partial charge in [-0.25, -0.2) is 0 Å². The molecule has 1 saturated heterocycles. The lowest BCUT2D eigenvalue weighted by molar-refractivity contribution is -0.127. The first-order chi connectivity index (χ1) is 16.9. The molecule has 0 N–H and O–H groups in total. The normalized spacial score (nSPS) is 14.5. The molecular weight excluding hydrogens is 442 g/mol. The molecule has 7 nitrogen and oxygen atoms in total. The minimum atomic E-state index is 0.0262. The number of aryl methyl sites for hydroxylation is 3. The summed E-state index contributed by atoms with van der Waals surface area (Å²) < 4.78 is 16.6. The number of hydrogen-bond donors (Lipinski definition) is 0. The maximum atomic E-state index is 12.8. The number of carbonyl (C=O) groups excluding carboxylic acids is 1. The van der Waals surface area contributed by atoms with Gasteiger partial charge in [-0.3, -0.25) is 9.69 Å². The largest absolute Gasteiger partial charge is 0.493 e. The van der Waals surface area contributed by atoms with Crippen molar-refractivity contribution < 1.29 is 18.8 Å². The Balaban J connectivity index is 1.31. The lowest BCUT2D eigenvalue weighted by Crippen LogP contribution is -2.47. The molecule has 0 bridgehead atoms. The van der Waals surface area contributed by atoms with Crippen LogP contribution in [0.15, 0.2) is 53.1 Å². The standard InChI is InChI=1S/C28H33N3O4/c1-20-7-5-6-8-24(20)18-30-13-15-31(16-14-30)28(32)12-10-23-9-11-26(27(17-23)33-4)34-19-25-21(2)29-35-22(25)3/h5-12,17H,13-16,18-19H2,1-4H3/b12-10+. The van der Waals surface area contributed by atoms with Crippen LogP contribution < -0.4 is 9.47 Å². The van der Waals surface area contributed by atoms with Crippen LogP contribution in [0.3, 0.4) is 0 Å². The van der Waals surface area contributed by atoms with Gasteiger partial charge in [-0.1, -0.05) is 35.5 Å². The van der Waals surface area contributed by atoms with Crippen molar-refractivity contribution in [3.63, 3.8) is 0 Å². The molecule has 0 atom stereocenters. The van der Waals surface area contributed by atoms with Gasteiger partial charge in [0.15, 0.2) is 11.5 Å². The fourth-order valence-electron chi connectivity index (χ4n) is 4.19. The van der Waals surface area contributed by atoms with Gasteiger partial charge in [-0.2, -0.15) is 0 Å². The van der Waals surface area contributed by atoms with E-state index in [9.17, 15) is 4.79 Å². The Bertz CT molecular complexity index is 1170. The van der Waals surface area contributed by atoms with E-state index in [4.69, 9.17) is 14.0 Å². The van der Waals surface area contributed by atoms with Gasteiger partial charge in [-0.05, 0) is 55.7 Å². The summed E-state index contributed by atoms with van der Waals surface area (Å²) >= 11 is 0. The number of amides is 1. The summed E-state index contributed by atoms with van der Waals surface area (Å²) in [7, 11) is 1.60. The zero-order chi connectivity index (χ0) is 24.8. The summed E-state index contributed by atoms with van der Waals surface area (Å²) in [4.78, 5) is 17.1. The molecule has 7 heteroatoms. The van der Waals surface area contributed by atoms with E-state index in [1.165, 1.54) is 11.1 Å². The molecule has 1 aliphatic rings. The number of ether oxygens (including phenoxy) is 2. The van der Waals surface area contributed by atoms with Crippen molar-refractivity contribution in [2.45, 2.75) is 33.9 Å². The average Bonchev–Trinajstić information content (AvgIpc) is 3.20. The molecule has 2 aromatic carbocycles. The van der Waals surface area contributed by atoms with E-state index >= 15 is 0 Å². The van der Waals surface area contributed by atoms with Gasteiger partial charge in [0.2, 0.25) is 5.91 Å². The predicted molar refractivity (Wildman–Crippen MR) is 135 cm³/mol. The first kappa shape index (κ1) is 24.5. The van der Waals surface area contributed by atoms with Crippen molar-refractivity contribution in [1.29, 1.82) is 0 Å². The highest BCUT2D eigenvalue weighted by Gasteiger charge is 2.20. The molecule has 0 aliphatic carbocycles. The summed E-state index contributed by atoms with van der Waals surface area (Å²) in [6, 6.07) is 14.1. The SMILES string of the molecule is COc1cc(/C=C/C(=O)N2CCN(Cc3ccccc3C)CC2)ccc1OCc1c(C)noc1C. The number of benzene rings is 2. The number of methoxy groups -OCH3 is 1. The third-order valence-electron chi connectivity index (χ3n) is 6.50. The molecular formula is C28H33N3O4. The third kappa shape index (κ3) is 6.11. The Morgan fingerprint density at radius 2 is 1.83 bits per heavy atom. The van der Waals surface area contributed by atoms with Crippen LogP contribution in [0.4, 0.5) is 0 Å². The van der Waals surface area contributed by atoms with Crippen molar-refractivity contribution >= 4 is 12.0 Å². The fourth-order valence-corrected chi connectivity index (χ4v) is 4.19. The number of carbonyl (C=O) groups is 1. The molecule has 35 heavy (non-hydrogen) atoms. The summed E-state index contributed by atoms with van der Waals surface area (Å²) in [5, 5.41) is 3.96. The van der Waals surface area contributed by atoms with Gasteiger partial charge in [0, 0.05) is 38.8 Å². The summed E-state index contributed by atoms with van der Waals surface area (Å²) in [5.74, 6) is 2.01. The Labute approximate surface area is 206 Å². The molecule has 0 spiro atoms. The van der Waals surface area contributed by atoms with E-state index in [2.05, 4.69) is 41.2 Å². The maximum absolute atomic E-state index is 12.8. The molecule has 1 aliphatic heterocycles. The zero-order valence-corrected chi connectivity index (χ0v) is 20.9. The van der Waals surface area contributed by atoms with Crippen molar-refractivity contribution in [3.05, 3.63) is 82.2 Å². The van der Waals surface area contributed by atoms with E-state index in [1.807, 2.05) is 43.0 Å². The third-order valence-corrected chi connectivity index (χ3v) is 6.50. The molecule has 1 fully saturated rings. The highest BCUT2D eigenvalue weighted by Crippen LogP contribution is 2.30. The Morgan fingerprint density at radius 1 is 1.06 bits per heavy atom. The molecule has 4 rings (SSSR count). The van der Waals surface area contributed by atoms with Crippen LogP contribution in [-0.4, -0.2) is 54.2 Å². The topological polar surface area (TPSA) is 68.0 Å². The molecule has 1 amide bonds. The molecule has 3 aromatic rings. The van der Waals surface area contributed by atoms with Gasteiger partial charge in [0.25, 0.3) is 0 Å². The minimum absolute atomic E-state index is 0.0262. The fraction of sp³-hybridized carbons (Fsp3) is 0.357. The number of rotatable bonds is 8. The second-order valence-corrected chi connectivity index (χ2v) is 8.86. The second-order valence-electron chi connectivity index (χ2n) is 8.86. The van der Waals surface area contributed by atoms with E-state index in [0.717, 1.165) is 55.3 Å². The van der Waals surface area contributed by atoms with Gasteiger partial charge in [0.1, 0.15) is 12.4 Å². The second kappa shape index (κ2) is 11.2. The molecule has 0 radical (unpaired) electrons. The smallest absolute Gasteiger partial charge is 0.246 e. The van der Waals surface area contributed by atoms with Gasteiger partial charge in [-0.15, -0.1) is 0 Å². The van der Waals surface area contributed by atoms with E-state index in [-0.39, 0.29) is 5.91 Å². The molecule has 0 saturated carbocycles. The molecule has 1 aromatic heterocycles. The van der Waals surface area contributed by atoms with E-state index < -0.39 is 0 Å². The van der Waals surface area contributed by atoms with E-state index in [0.29, 0.717) is 18.1 Å². The van der Waals surface area contributed by atoms with Gasteiger partial charge < -0.3 is 18.9 Å². The highest BCUT2D eigenvalue weighted by molar-refractivity contribution is 5.92. The van der Waals surface area contributed by atoms with Crippen molar-refractivity contribution in [1.82, 2.24) is 15.0 Å². The van der Waals surface area contributed by atoms with Gasteiger partial charge >= 0.3 is 0 Å². The predicted octanol–water partition coefficient (Wildman–Crippen LogP) is 4.55. The minimum Gasteiger partial charge on any atom is -0.493 e. The number of nitrogens with zero attached hydrogens (tertiary/aromatic N) is 3. The zero-order valence-electron chi connectivity index (χ0n) is 20.9. The Kier molecular flexibility index (Phi) is 7.87. The summed E-state index contributed by atoms with van der Waals surface area (Å²) in [6.07, 6.45) is 3.46. The Morgan fingerprint density at radius 3 is 2.51 bits per heavy atom. The molecule has 2 heterocycles. The van der Waals surface area contributed by atoms with Crippen molar-refractivity contribution in [2.75, 3.05) is 33.3 Å². The van der Waals surface area contributed by atoms with Crippen molar-refractivity contribution in [3.8, 4) is 11.5 Å². The number of hydrogen-bond acceptors (Lipinski definition) is 6. The molecule has 0 unspecified atom stereocenters. The van der Waals surface area contributed by atoms with Crippen LogP contribution in [-0.2, 0) is 17.9 Å². The number of aromatic nitrogens is 1. The number of piperazine rings is 1. The monoisotopic (exact) mass is 475 g/mol. The maximum Gasteiger partial charge on any atom is 0.246 e. The van der Waals surface area contributed by atoms with Crippen LogP contribution in [0, 0.1) is 20.8 Å². The van der Waals surface area contributed by atoms with Crippen LogP contribution in [0.2, 0.25) is 0 Å².